The molecule has 2 aromatic rings. The third kappa shape index (κ3) is 3.46. The molecule has 0 amide bonds. The Morgan fingerprint density at radius 1 is 1.18 bits per heavy atom. The summed E-state index contributed by atoms with van der Waals surface area (Å²) >= 11 is 3.21. The molecule has 4 heteroatoms. The molecule has 0 heterocycles. The number of hydrogen-bond acceptors (Lipinski definition) is 2. The maximum Gasteiger partial charge on any atom is 0.128 e. The van der Waals surface area contributed by atoms with Crippen LogP contribution in [-0.2, 0) is 6.61 Å². The van der Waals surface area contributed by atoms with Crippen molar-refractivity contribution in [2.75, 3.05) is 5.73 Å². The van der Waals surface area contributed by atoms with Gasteiger partial charge in [0.05, 0.1) is 0 Å². The summed E-state index contributed by atoms with van der Waals surface area (Å²) in [6.45, 7) is 0.362. The average Bonchev–Trinajstić information content (AvgIpc) is 2.25. The van der Waals surface area contributed by atoms with Crippen molar-refractivity contribution in [3.05, 3.63) is 58.3 Å². The predicted octanol–water partition coefficient (Wildman–Crippen LogP) is 3.75. The van der Waals surface area contributed by atoms with Crippen LogP contribution in [0.25, 0.3) is 0 Å². The second kappa shape index (κ2) is 5.19. The fourth-order valence-corrected chi connectivity index (χ4v) is 1.91. The topological polar surface area (TPSA) is 35.2 Å². The fraction of sp³-hybridized carbons (Fsp3) is 0.0769. The Bertz CT molecular complexity index is 510. The minimum Gasteiger partial charge on any atom is -0.489 e. The van der Waals surface area contributed by atoms with E-state index < -0.39 is 0 Å². The molecule has 0 spiro atoms. The molecule has 0 unspecified atom stereocenters. The maximum absolute atomic E-state index is 13.1. The molecule has 2 rings (SSSR count). The Balaban J connectivity index is 2.07. The van der Waals surface area contributed by atoms with Gasteiger partial charge >= 0.3 is 0 Å². The van der Waals surface area contributed by atoms with Crippen LogP contribution >= 0.6 is 15.9 Å². The predicted molar refractivity (Wildman–Crippen MR) is 69.3 cm³/mol. The van der Waals surface area contributed by atoms with E-state index in [-0.39, 0.29) is 5.82 Å². The van der Waals surface area contributed by atoms with E-state index in [1.165, 1.54) is 12.1 Å². The normalized spacial score (nSPS) is 10.2. The van der Waals surface area contributed by atoms with Crippen LogP contribution in [0.4, 0.5) is 10.1 Å². The lowest BCUT2D eigenvalue weighted by molar-refractivity contribution is 0.304. The highest BCUT2D eigenvalue weighted by molar-refractivity contribution is 9.10. The zero-order valence-corrected chi connectivity index (χ0v) is 10.6. The number of nitrogens with two attached hydrogens (primary N) is 1. The van der Waals surface area contributed by atoms with Crippen molar-refractivity contribution in [1.29, 1.82) is 0 Å². The molecule has 0 fully saturated rings. The zero-order valence-electron chi connectivity index (χ0n) is 8.99. The van der Waals surface area contributed by atoms with E-state index in [2.05, 4.69) is 15.9 Å². The van der Waals surface area contributed by atoms with E-state index in [4.69, 9.17) is 10.5 Å². The largest absolute Gasteiger partial charge is 0.489 e. The van der Waals surface area contributed by atoms with Crippen LogP contribution in [0, 0.1) is 5.82 Å². The molecule has 0 atom stereocenters. The summed E-state index contributed by atoms with van der Waals surface area (Å²) in [5, 5.41) is 0. The third-order valence-corrected chi connectivity index (χ3v) is 2.65. The van der Waals surface area contributed by atoms with Gasteiger partial charge in [-0.25, -0.2) is 4.39 Å². The lowest BCUT2D eigenvalue weighted by Gasteiger charge is -2.07. The van der Waals surface area contributed by atoms with Crippen LogP contribution in [0.1, 0.15) is 5.56 Å². The van der Waals surface area contributed by atoms with E-state index >= 15 is 0 Å². The van der Waals surface area contributed by atoms with Gasteiger partial charge in [-0.3, -0.25) is 0 Å². The third-order valence-electron chi connectivity index (χ3n) is 2.19. The number of anilines is 1. The summed E-state index contributed by atoms with van der Waals surface area (Å²) in [5.41, 5.74) is 7.29. The summed E-state index contributed by atoms with van der Waals surface area (Å²) in [7, 11) is 0. The Hall–Kier alpha value is -1.55. The molecule has 88 valence electrons. The minimum absolute atomic E-state index is 0.332. The van der Waals surface area contributed by atoms with Crippen LogP contribution in [-0.4, -0.2) is 0 Å². The molecule has 0 saturated carbocycles. The second-order valence-corrected chi connectivity index (χ2v) is 4.55. The Morgan fingerprint density at radius 2 is 2.00 bits per heavy atom. The van der Waals surface area contributed by atoms with Crippen LogP contribution in [0.15, 0.2) is 46.9 Å². The molecule has 0 saturated heterocycles. The first-order valence-electron chi connectivity index (χ1n) is 5.07. The van der Waals surface area contributed by atoms with Gasteiger partial charge in [0, 0.05) is 16.2 Å². The summed E-state index contributed by atoms with van der Waals surface area (Å²) in [4.78, 5) is 0. The van der Waals surface area contributed by atoms with Gasteiger partial charge in [-0.05, 0) is 29.8 Å². The smallest absolute Gasteiger partial charge is 0.128 e. The standard InChI is InChI=1S/C13H11BrFNO/c14-10-5-11(15)7-13(6-10)17-8-9-2-1-3-12(16)4-9/h1-7H,8,16H2. The van der Waals surface area contributed by atoms with Gasteiger partial charge in [0.25, 0.3) is 0 Å². The Morgan fingerprint density at radius 3 is 2.71 bits per heavy atom. The minimum atomic E-state index is -0.332. The number of halogens is 2. The van der Waals surface area contributed by atoms with E-state index in [1.807, 2.05) is 24.3 Å². The lowest BCUT2D eigenvalue weighted by Crippen LogP contribution is -1.97. The second-order valence-electron chi connectivity index (χ2n) is 3.64. The number of hydrogen-bond donors (Lipinski definition) is 1. The molecular formula is C13H11BrFNO. The van der Waals surface area contributed by atoms with Crippen LogP contribution in [0.2, 0.25) is 0 Å². The SMILES string of the molecule is Nc1cccc(COc2cc(F)cc(Br)c2)c1. The van der Waals surface area contributed by atoms with Crippen LogP contribution < -0.4 is 10.5 Å². The molecular weight excluding hydrogens is 285 g/mol. The lowest BCUT2D eigenvalue weighted by atomic mass is 10.2. The Labute approximate surface area is 107 Å². The van der Waals surface area contributed by atoms with Crippen molar-refractivity contribution in [2.24, 2.45) is 0 Å². The molecule has 0 aliphatic carbocycles. The van der Waals surface area contributed by atoms with Gasteiger partial charge in [0.1, 0.15) is 18.2 Å². The monoisotopic (exact) mass is 295 g/mol. The average molecular weight is 296 g/mol. The van der Waals surface area contributed by atoms with Crippen molar-refractivity contribution in [3.8, 4) is 5.75 Å². The van der Waals surface area contributed by atoms with E-state index in [1.54, 1.807) is 6.07 Å². The molecule has 2 N–H and O–H groups in total. The van der Waals surface area contributed by atoms with Gasteiger partial charge in [-0.15, -0.1) is 0 Å². The first-order chi connectivity index (χ1) is 8.13. The fourth-order valence-electron chi connectivity index (χ4n) is 1.46. The number of rotatable bonds is 3. The van der Waals surface area contributed by atoms with Crippen molar-refractivity contribution in [2.45, 2.75) is 6.61 Å². The summed E-state index contributed by atoms with van der Waals surface area (Å²) in [5.74, 6) is 0.154. The molecule has 0 radical (unpaired) electrons. The summed E-state index contributed by atoms with van der Waals surface area (Å²) < 4.78 is 19.2. The molecule has 17 heavy (non-hydrogen) atoms. The first-order valence-corrected chi connectivity index (χ1v) is 5.86. The maximum atomic E-state index is 13.1. The zero-order chi connectivity index (χ0) is 12.3. The van der Waals surface area contributed by atoms with E-state index in [9.17, 15) is 4.39 Å². The molecule has 0 aliphatic heterocycles. The van der Waals surface area contributed by atoms with Gasteiger partial charge in [0.2, 0.25) is 0 Å². The van der Waals surface area contributed by atoms with E-state index in [0.29, 0.717) is 22.5 Å². The molecule has 2 aromatic carbocycles. The number of benzene rings is 2. The molecule has 0 bridgehead atoms. The molecule has 0 aromatic heterocycles. The van der Waals surface area contributed by atoms with Gasteiger partial charge < -0.3 is 10.5 Å². The van der Waals surface area contributed by atoms with Crippen LogP contribution in [0.5, 0.6) is 5.75 Å². The van der Waals surface area contributed by atoms with Gasteiger partial charge in [-0.1, -0.05) is 28.1 Å². The summed E-state index contributed by atoms with van der Waals surface area (Å²) in [6, 6.07) is 11.8. The molecule has 0 aliphatic rings. The highest BCUT2D eigenvalue weighted by Crippen LogP contribution is 2.21. The highest BCUT2D eigenvalue weighted by Gasteiger charge is 2.01. The number of ether oxygens (including phenoxy) is 1. The van der Waals surface area contributed by atoms with Crippen LogP contribution in [0.3, 0.4) is 0 Å². The van der Waals surface area contributed by atoms with Gasteiger partial charge in [0.15, 0.2) is 0 Å². The van der Waals surface area contributed by atoms with Crippen molar-refractivity contribution in [1.82, 2.24) is 0 Å². The van der Waals surface area contributed by atoms with E-state index in [0.717, 1.165) is 5.56 Å². The molecule has 2 nitrogen and oxygen atoms in total. The number of nitrogen functional groups attached to an aromatic ring is 1. The van der Waals surface area contributed by atoms with Crippen molar-refractivity contribution < 1.29 is 9.13 Å². The summed E-state index contributed by atoms with van der Waals surface area (Å²) in [6.07, 6.45) is 0. The Kier molecular flexibility index (Phi) is 3.64. The van der Waals surface area contributed by atoms with Crippen molar-refractivity contribution in [3.63, 3.8) is 0 Å². The van der Waals surface area contributed by atoms with Gasteiger partial charge in [-0.2, -0.15) is 0 Å². The van der Waals surface area contributed by atoms with Crippen molar-refractivity contribution >= 4 is 21.6 Å². The quantitative estimate of drug-likeness (QED) is 0.875. The highest BCUT2D eigenvalue weighted by atomic mass is 79.9. The first kappa shape index (κ1) is 11.9.